The fourth-order valence-electron chi connectivity index (χ4n) is 2.66. The number of hydrogen-bond acceptors (Lipinski definition) is 4. The smallest absolute Gasteiger partial charge is 0.136 e. The van der Waals surface area contributed by atoms with Gasteiger partial charge in [-0.2, -0.15) is 0 Å². The largest absolute Gasteiger partial charge is 0.370 e. The Kier molecular flexibility index (Phi) is 5.62. The Bertz CT molecular complexity index is 798. The molecule has 2 aromatic carbocycles. The van der Waals surface area contributed by atoms with Gasteiger partial charge in [0.25, 0.3) is 0 Å². The van der Waals surface area contributed by atoms with Gasteiger partial charge in [-0.1, -0.05) is 48.0 Å². The molecule has 0 atom stereocenters. The summed E-state index contributed by atoms with van der Waals surface area (Å²) in [7, 11) is 0. The summed E-state index contributed by atoms with van der Waals surface area (Å²) in [5.74, 6) is 2.42. The quantitative estimate of drug-likeness (QED) is 0.605. The third-order valence-electron chi connectivity index (χ3n) is 3.95. The van der Waals surface area contributed by atoms with Crippen molar-refractivity contribution < 1.29 is 0 Å². The summed E-state index contributed by atoms with van der Waals surface area (Å²) < 4.78 is 0. The highest BCUT2D eigenvalue weighted by atomic mass is 15.1. The van der Waals surface area contributed by atoms with Crippen LogP contribution in [-0.4, -0.2) is 16.5 Å². The molecule has 0 aliphatic carbocycles. The SMILES string of the molecule is Cc1ccc(Nc2cc(NCCCc3ccccc3)nc(C)n2)cc1. The lowest BCUT2D eigenvalue weighted by Crippen LogP contribution is -2.07. The fraction of sp³-hybridized carbons (Fsp3) is 0.238. The molecule has 0 bridgehead atoms. The Labute approximate surface area is 149 Å². The van der Waals surface area contributed by atoms with Crippen LogP contribution in [0.5, 0.6) is 0 Å². The maximum Gasteiger partial charge on any atom is 0.136 e. The highest BCUT2D eigenvalue weighted by molar-refractivity contribution is 5.59. The van der Waals surface area contributed by atoms with Crippen molar-refractivity contribution in [2.75, 3.05) is 17.2 Å². The zero-order valence-electron chi connectivity index (χ0n) is 14.8. The van der Waals surface area contributed by atoms with Crippen molar-refractivity contribution in [1.82, 2.24) is 9.97 Å². The summed E-state index contributed by atoms with van der Waals surface area (Å²) in [5.41, 5.74) is 3.63. The molecule has 0 aliphatic heterocycles. The second-order valence-corrected chi connectivity index (χ2v) is 6.19. The summed E-state index contributed by atoms with van der Waals surface area (Å²) in [6.45, 7) is 4.88. The number of anilines is 3. The van der Waals surface area contributed by atoms with Crippen molar-refractivity contribution in [3.8, 4) is 0 Å². The van der Waals surface area contributed by atoms with Gasteiger partial charge in [-0.05, 0) is 44.4 Å². The van der Waals surface area contributed by atoms with E-state index in [1.807, 2.05) is 19.1 Å². The third-order valence-corrected chi connectivity index (χ3v) is 3.95. The van der Waals surface area contributed by atoms with Crippen molar-refractivity contribution in [3.63, 3.8) is 0 Å². The lowest BCUT2D eigenvalue weighted by Gasteiger charge is -2.10. The van der Waals surface area contributed by atoms with Gasteiger partial charge in [0.1, 0.15) is 17.5 Å². The first-order valence-corrected chi connectivity index (χ1v) is 8.66. The molecule has 4 nitrogen and oxygen atoms in total. The maximum absolute atomic E-state index is 4.47. The number of benzene rings is 2. The van der Waals surface area contributed by atoms with Gasteiger partial charge in [0.15, 0.2) is 0 Å². The molecule has 0 saturated carbocycles. The van der Waals surface area contributed by atoms with E-state index in [1.54, 1.807) is 0 Å². The minimum absolute atomic E-state index is 0.752. The van der Waals surface area contributed by atoms with E-state index in [0.29, 0.717) is 0 Å². The van der Waals surface area contributed by atoms with Crippen molar-refractivity contribution in [1.29, 1.82) is 0 Å². The average molecular weight is 332 g/mol. The molecule has 2 N–H and O–H groups in total. The van der Waals surface area contributed by atoms with Crippen LogP contribution in [0.25, 0.3) is 0 Å². The summed E-state index contributed by atoms with van der Waals surface area (Å²) in [6.07, 6.45) is 2.13. The first kappa shape index (κ1) is 17.0. The van der Waals surface area contributed by atoms with Crippen molar-refractivity contribution >= 4 is 17.3 Å². The summed E-state index contributed by atoms with van der Waals surface area (Å²) in [4.78, 5) is 8.94. The topological polar surface area (TPSA) is 49.8 Å². The van der Waals surface area contributed by atoms with E-state index in [2.05, 4.69) is 76.1 Å². The monoisotopic (exact) mass is 332 g/mol. The van der Waals surface area contributed by atoms with Gasteiger partial charge >= 0.3 is 0 Å². The molecular weight excluding hydrogens is 308 g/mol. The lowest BCUT2D eigenvalue weighted by atomic mass is 10.1. The van der Waals surface area contributed by atoms with Gasteiger partial charge in [0.2, 0.25) is 0 Å². The highest BCUT2D eigenvalue weighted by Crippen LogP contribution is 2.18. The van der Waals surface area contributed by atoms with Crippen LogP contribution in [0.3, 0.4) is 0 Å². The second kappa shape index (κ2) is 8.29. The molecule has 25 heavy (non-hydrogen) atoms. The predicted octanol–water partition coefficient (Wildman–Crippen LogP) is 4.88. The second-order valence-electron chi connectivity index (χ2n) is 6.19. The summed E-state index contributed by atoms with van der Waals surface area (Å²) in [6, 6.07) is 20.8. The van der Waals surface area contributed by atoms with Gasteiger partial charge in [-0.3, -0.25) is 0 Å². The van der Waals surface area contributed by atoms with E-state index in [-0.39, 0.29) is 0 Å². The molecule has 128 valence electrons. The van der Waals surface area contributed by atoms with Crippen LogP contribution in [0.1, 0.15) is 23.4 Å². The van der Waals surface area contributed by atoms with Gasteiger partial charge in [0, 0.05) is 18.3 Å². The van der Waals surface area contributed by atoms with Crippen LogP contribution < -0.4 is 10.6 Å². The third kappa shape index (κ3) is 5.31. The van der Waals surface area contributed by atoms with E-state index in [1.165, 1.54) is 11.1 Å². The first-order chi connectivity index (χ1) is 12.2. The normalized spacial score (nSPS) is 10.5. The first-order valence-electron chi connectivity index (χ1n) is 8.66. The lowest BCUT2D eigenvalue weighted by molar-refractivity contribution is 0.856. The van der Waals surface area contributed by atoms with Crippen molar-refractivity contribution in [3.05, 3.63) is 77.6 Å². The molecule has 0 unspecified atom stereocenters. The Hall–Kier alpha value is -2.88. The molecule has 3 aromatic rings. The van der Waals surface area contributed by atoms with E-state index in [0.717, 1.165) is 42.5 Å². The Balaban J connectivity index is 1.56. The molecular formula is C21H24N4. The Morgan fingerprint density at radius 2 is 1.56 bits per heavy atom. The molecule has 0 spiro atoms. The maximum atomic E-state index is 4.47. The fourth-order valence-corrected chi connectivity index (χ4v) is 2.66. The minimum Gasteiger partial charge on any atom is -0.370 e. The molecule has 1 aromatic heterocycles. The van der Waals surface area contributed by atoms with Gasteiger partial charge < -0.3 is 10.6 Å². The minimum atomic E-state index is 0.752. The molecule has 3 rings (SSSR count). The molecule has 0 fully saturated rings. The molecule has 0 amide bonds. The van der Waals surface area contributed by atoms with Crippen LogP contribution in [0.2, 0.25) is 0 Å². The Morgan fingerprint density at radius 3 is 2.32 bits per heavy atom. The van der Waals surface area contributed by atoms with Crippen LogP contribution in [-0.2, 0) is 6.42 Å². The van der Waals surface area contributed by atoms with E-state index >= 15 is 0 Å². The van der Waals surface area contributed by atoms with E-state index in [9.17, 15) is 0 Å². The number of nitrogens with zero attached hydrogens (tertiary/aromatic N) is 2. The van der Waals surface area contributed by atoms with E-state index < -0.39 is 0 Å². The molecule has 1 heterocycles. The number of rotatable bonds is 7. The van der Waals surface area contributed by atoms with Crippen LogP contribution >= 0.6 is 0 Å². The predicted molar refractivity (Wildman–Crippen MR) is 104 cm³/mol. The zero-order valence-corrected chi connectivity index (χ0v) is 14.8. The molecule has 0 aliphatic rings. The van der Waals surface area contributed by atoms with Gasteiger partial charge in [-0.15, -0.1) is 0 Å². The number of nitrogens with one attached hydrogen (secondary N) is 2. The van der Waals surface area contributed by atoms with Crippen LogP contribution in [0, 0.1) is 13.8 Å². The van der Waals surface area contributed by atoms with E-state index in [4.69, 9.17) is 0 Å². The van der Waals surface area contributed by atoms with Crippen molar-refractivity contribution in [2.24, 2.45) is 0 Å². The Morgan fingerprint density at radius 1 is 0.840 bits per heavy atom. The molecule has 0 radical (unpaired) electrons. The van der Waals surface area contributed by atoms with Gasteiger partial charge in [0.05, 0.1) is 0 Å². The number of hydrogen-bond donors (Lipinski definition) is 2. The molecule has 4 heteroatoms. The molecule has 0 saturated heterocycles. The van der Waals surface area contributed by atoms with Crippen LogP contribution in [0.4, 0.5) is 17.3 Å². The van der Waals surface area contributed by atoms with Crippen LogP contribution in [0.15, 0.2) is 60.7 Å². The van der Waals surface area contributed by atoms with Crippen molar-refractivity contribution in [2.45, 2.75) is 26.7 Å². The summed E-state index contributed by atoms with van der Waals surface area (Å²) in [5, 5.41) is 6.74. The highest BCUT2D eigenvalue weighted by Gasteiger charge is 2.03. The number of aryl methyl sites for hydroxylation is 3. The number of aromatic nitrogens is 2. The average Bonchev–Trinajstić information content (AvgIpc) is 2.61. The van der Waals surface area contributed by atoms with Gasteiger partial charge in [-0.25, -0.2) is 9.97 Å². The zero-order chi connectivity index (χ0) is 17.5. The standard InChI is InChI=1S/C21H24N4/c1-16-10-12-19(13-11-16)25-21-15-20(23-17(2)24-21)22-14-6-9-18-7-4-3-5-8-18/h3-5,7-8,10-13,15H,6,9,14H2,1-2H3,(H2,22,23,24,25). The summed E-state index contributed by atoms with van der Waals surface area (Å²) >= 11 is 0.